The molecule has 1 aromatic rings. The molecule has 0 aromatic heterocycles. The van der Waals surface area contributed by atoms with Gasteiger partial charge in [-0.3, -0.25) is 4.79 Å². The minimum atomic E-state index is 0.103. The molecule has 1 atom stereocenters. The molecule has 1 aliphatic carbocycles. The van der Waals surface area contributed by atoms with Crippen molar-refractivity contribution < 1.29 is 4.79 Å². The van der Waals surface area contributed by atoms with Crippen molar-refractivity contribution in [1.29, 1.82) is 0 Å². The van der Waals surface area contributed by atoms with Crippen LogP contribution < -0.4 is 0 Å². The first-order valence-electron chi connectivity index (χ1n) is 4.60. The molecule has 0 saturated heterocycles. The molecular formula is C12H12O. The molecule has 1 aromatic carbocycles. The molecule has 1 unspecified atom stereocenters. The molecule has 1 heteroatoms. The third-order valence-electron chi connectivity index (χ3n) is 2.45. The van der Waals surface area contributed by atoms with Crippen LogP contribution in [0.4, 0.5) is 0 Å². The predicted octanol–water partition coefficient (Wildman–Crippen LogP) is 2.69. The van der Waals surface area contributed by atoms with E-state index in [-0.39, 0.29) is 5.92 Å². The van der Waals surface area contributed by atoms with E-state index in [2.05, 4.69) is 6.08 Å². The van der Waals surface area contributed by atoms with Gasteiger partial charge in [-0.25, -0.2) is 0 Å². The maximum Gasteiger partial charge on any atom is 0.144 e. The van der Waals surface area contributed by atoms with E-state index in [0.29, 0.717) is 12.2 Å². The van der Waals surface area contributed by atoms with Crippen molar-refractivity contribution in [3.05, 3.63) is 48.0 Å². The monoisotopic (exact) mass is 172 g/mol. The van der Waals surface area contributed by atoms with Gasteiger partial charge in [-0.05, 0) is 12.0 Å². The van der Waals surface area contributed by atoms with Crippen LogP contribution in [-0.4, -0.2) is 5.78 Å². The standard InChI is InChI=1S/C12H12O/c13-12-9-5-4-8-11(12)10-6-2-1-3-7-10/h1-7,11H,8-9H2. The van der Waals surface area contributed by atoms with Crippen LogP contribution in [0.2, 0.25) is 0 Å². The van der Waals surface area contributed by atoms with Crippen LogP contribution in [0.5, 0.6) is 0 Å². The number of Topliss-reactive ketones (excluding diaryl/α,β-unsaturated/α-hetero) is 1. The van der Waals surface area contributed by atoms with Gasteiger partial charge in [-0.15, -0.1) is 0 Å². The summed E-state index contributed by atoms with van der Waals surface area (Å²) in [5.41, 5.74) is 1.15. The second-order valence-electron chi connectivity index (χ2n) is 3.34. The van der Waals surface area contributed by atoms with Gasteiger partial charge < -0.3 is 0 Å². The van der Waals surface area contributed by atoms with Crippen LogP contribution in [0.1, 0.15) is 24.3 Å². The van der Waals surface area contributed by atoms with Crippen LogP contribution in [0.3, 0.4) is 0 Å². The summed E-state index contributed by atoms with van der Waals surface area (Å²) in [6.07, 6.45) is 5.52. The highest BCUT2D eigenvalue weighted by atomic mass is 16.1. The average molecular weight is 172 g/mol. The topological polar surface area (TPSA) is 17.1 Å². The third kappa shape index (κ3) is 1.69. The Hall–Kier alpha value is -1.37. The molecule has 0 spiro atoms. The molecule has 1 aliphatic rings. The highest BCUT2D eigenvalue weighted by Gasteiger charge is 2.19. The van der Waals surface area contributed by atoms with Crippen LogP contribution in [0, 0.1) is 0 Å². The molecule has 0 bridgehead atoms. The zero-order valence-electron chi connectivity index (χ0n) is 7.44. The van der Waals surface area contributed by atoms with Gasteiger partial charge in [0.15, 0.2) is 0 Å². The van der Waals surface area contributed by atoms with Gasteiger partial charge in [0, 0.05) is 12.3 Å². The Balaban J connectivity index is 2.26. The fourth-order valence-corrected chi connectivity index (χ4v) is 1.71. The van der Waals surface area contributed by atoms with Crippen molar-refractivity contribution >= 4 is 5.78 Å². The zero-order valence-corrected chi connectivity index (χ0v) is 7.44. The molecule has 66 valence electrons. The van der Waals surface area contributed by atoms with Gasteiger partial charge in [-0.1, -0.05) is 42.5 Å². The number of carbonyl (C=O) groups is 1. The first kappa shape index (κ1) is 8.24. The molecule has 0 aliphatic heterocycles. The third-order valence-corrected chi connectivity index (χ3v) is 2.45. The second-order valence-corrected chi connectivity index (χ2v) is 3.34. The number of hydrogen-bond acceptors (Lipinski definition) is 1. The van der Waals surface area contributed by atoms with Crippen molar-refractivity contribution in [3.8, 4) is 0 Å². The zero-order chi connectivity index (χ0) is 9.10. The fraction of sp³-hybridized carbons (Fsp3) is 0.250. The Morgan fingerprint density at radius 2 is 1.85 bits per heavy atom. The van der Waals surface area contributed by atoms with Crippen LogP contribution in [0.25, 0.3) is 0 Å². The highest BCUT2D eigenvalue weighted by molar-refractivity contribution is 5.88. The van der Waals surface area contributed by atoms with Gasteiger partial charge in [0.1, 0.15) is 5.78 Å². The molecule has 0 amide bonds. The quantitative estimate of drug-likeness (QED) is 0.595. The molecule has 0 saturated carbocycles. The number of ketones is 1. The SMILES string of the molecule is O=C1CC=CCC1c1ccccc1. The first-order chi connectivity index (χ1) is 6.38. The number of benzene rings is 1. The Morgan fingerprint density at radius 1 is 1.08 bits per heavy atom. The minimum Gasteiger partial charge on any atom is -0.299 e. The maximum absolute atomic E-state index is 11.5. The van der Waals surface area contributed by atoms with Gasteiger partial charge in [0.2, 0.25) is 0 Å². The maximum atomic E-state index is 11.5. The summed E-state index contributed by atoms with van der Waals surface area (Å²) in [5, 5.41) is 0. The number of carbonyl (C=O) groups excluding carboxylic acids is 1. The lowest BCUT2D eigenvalue weighted by Crippen LogP contribution is -2.13. The number of allylic oxidation sites excluding steroid dienone is 2. The molecule has 0 N–H and O–H groups in total. The van der Waals surface area contributed by atoms with E-state index < -0.39 is 0 Å². The normalized spacial score (nSPS) is 21.8. The Morgan fingerprint density at radius 3 is 2.54 bits per heavy atom. The molecule has 0 radical (unpaired) electrons. The van der Waals surface area contributed by atoms with E-state index in [1.165, 1.54) is 0 Å². The van der Waals surface area contributed by atoms with Crippen molar-refractivity contribution in [2.45, 2.75) is 18.8 Å². The second kappa shape index (κ2) is 3.56. The van der Waals surface area contributed by atoms with E-state index in [9.17, 15) is 4.79 Å². The lowest BCUT2D eigenvalue weighted by molar-refractivity contribution is -0.119. The molecule has 13 heavy (non-hydrogen) atoms. The van der Waals surface area contributed by atoms with Crippen molar-refractivity contribution in [2.75, 3.05) is 0 Å². The summed E-state index contributed by atoms with van der Waals surface area (Å²) in [6.45, 7) is 0. The summed E-state index contributed by atoms with van der Waals surface area (Å²) in [6, 6.07) is 10.0. The smallest absolute Gasteiger partial charge is 0.144 e. The molecule has 2 rings (SSSR count). The van der Waals surface area contributed by atoms with Crippen molar-refractivity contribution in [3.63, 3.8) is 0 Å². The number of rotatable bonds is 1. The molecule has 0 fully saturated rings. The minimum absolute atomic E-state index is 0.103. The summed E-state index contributed by atoms with van der Waals surface area (Å²) < 4.78 is 0. The Kier molecular flexibility index (Phi) is 2.26. The van der Waals surface area contributed by atoms with E-state index in [4.69, 9.17) is 0 Å². The van der Waals surface area contributed by atoms with Crippen LogP contribution in [-0.2, 0) is 4.79 Å². The van der Waals surface area contributed by atoms with Gasteiger partial charge in [0.05, 0.1) is 0 Å². The van der Waals surface area contributed by atoms with Crippen LogP contribution >= 0.6 is 0 Å². The van der Waals surface area contributed by atoms with E-state index in [0.717, 1.165) is 12.0 Å². The van der Waals surface area contributed by atoms with Gasteiger partial charge in [-0.2, -0.15) is 0 Å². The molecular weight excluding hydrogens is 160 g/mol. The Labute approximate surface area is 78.1 Å². The highest BCUT2D eigenvalue weighted by Crippen LogP contribution is 2.25. The van der Waals surface area contributed by atoms with E-state index >= 15 is 0 Å². The molecule has 1 nitrogen and oxygen atoms in total. The predicted molar refractivity (Wildman–Crippen MR) is 52.6 cm³/mol. The lowest BCUT2D eigenvalue weighted by atomic mass is 9.87. The average Bonchev–Trinajstić information content (AvgIpc) is 2.20. The summed E-state index contributed by atoms with van der Waals surface area (Å²) in [7, 11) is 0. The van der Waals surface area contributed by atoms with E-state index in [1.807, 2.05) is 36.4 Å². The largest absolute Gasteiger partial charge is 0.299 e. The van der Waals surface area contributed by atoms with Crippen LogP contribution in [0.15, 0.2) is 42.5 Å². The van der Waals surface area contributed by atoms with E-state index in [1.54, 1.807) is 0 Å². The lowest BCUT2D eigenvalue weighted by Gasteiger charge is -2.16. The summed E-state index contributed by atoms with van der Waals surface area (Å²) in [5.74, 6) is 0.444. The Bertz CT molecular complexity index is 324. The van der Waals surface area contributed by atoms with Crippen molar-refractivity contribution in [1.82, 2.24) is 0 Å². The molecule has 0 heterocycles. The van der Waals surface area contributed by atoms with Gasteiger partial charge >= 0.3 is 0 Å². The summed E-state index contributed by atoms with van der Waals surface area (Å²) >= 11 is 0. The van der Waals surface area contributed by atoms with Crippen molar-refractivity contribution in [2.24, 2.45) is 0 Å². The number of hydrogen-bond donors (Lipinski definition) is 0. The first-order valence-corrected chi connectivity index (χ1v) is 4.60. The fourth-order valence-electron chi connectivity index (χ4n) is 1.71. The van der Waals surface area contributed by atoms with Gasteiger partial charge in [0.25, 0.3) is 0 Å². The summed E-state index contributed by atoms with van der Waals surface area (Å²) in [4.78, 5) is 11.5.